The summed E-state index contributed by atoms with van der Waals surface area (Å²) in [7, 11) is 2.09. The molecule has 0 spiro atoms. The molecule has 2 rings (SSSR count). The van der Waals surface area contributed by atoms with Crippen LogP contribution in [0, 0.1) is 17.3 Å². The summed E-state index contributed by atoms with van der Waals surface area (Å²) in [5, 5.41) is 3.46. The molecule has 2 fully saturated rings. The van der Waals surface area contributed by atoms with Crippen molar-refractivity contribution in [1.82, 2.24) is 5.32 Å². The Hall–Kier alpha value is -0.0800. The van der Waals surface area contributed by atoms with E-state index < -0.39 is 0 Å². The third-order valence-electron chi connectivity index (χ3n) is 5.42. The Kier molecular flexibility index (Phi) is 4.71. The number of hydrogen-bond acceptors (Lipinski definition) is 2. The van der Waals surface area contributed by atoms with Crippen LogP contribution >= 0.6 is 0 Å². The van der Waals surface area contributed by atoms with Crippen LogP contribution in [-0.2, 0) is 4.74 Å². The van der Waals surface area contributed by atoms with Gasteiger partial charge in [-0.2, -0.15) is 0 Å². The van der Waals surface area contributed by atoms with E-state index in [1.54, 1.807) is 0 Å². The van der Waals surface area contributed by atoms with Gasteiger partial charge in [-0.15, -0.1) is 0 Å². The second kappa shape index (κ2) is 5.92. The number of nitrogens with one attached hydrogen (secondary N) is 1. The van der Waals surface area contributed by atoms with Gasteiger partial charge in [-0.3, -0.25) is 0 Å². The molecule has 0 radical (unpaired) electrons. The van der Waals surface area contributed by atoms with E-state index in [2.05, 4.69) is 33.1 Å². The number of ether oxygens (including phenoxy) is 1. The first-order chi connectivity index (χ1) is 8.56. The van der Waals surface area contributed by atoms with Crippen molar-refractivity contribution in [2.75, 3.05) is 13.7 Å². The van der Waals surface area contributed by atoms with Crippen molar-refractivity contribution in [3.63, 3.8) is 0 Å². The predicted octanol–water partition coefficient (Wildman–Crippen LogP) is 3.61. The minimum absolute atomic E-state index is 0.445. The summed E-state index contributed by atoms with van der Waals surface area (Å²) in [5.41, 5.74) is 0.472. The molecule has 1 N–H and O–H groups in total. The van der Waals surface area contributed by atoms with Crippen LogP contribution in [0.4, 0.5) is 0 Å². The standard InChI is InChI=1S/C16H31NO/c1-5-16(2,3)13-8-9-14(17-4)15(10-13)18-11-12-6-7-12/h12-15,17H,5-11H2,1-4H3. The first-order valence-corrected chi connectivity index (χ1v) is 7.85. The molecule has 18 heavy (non-hydrogen) atoms. The topological polar surface area (TPSA) is 21.3 Å². The van der Waals surface area contributed by atoms with Crippen molar-refractivity contribution in [1.29, 1.82) is 0 Å². The van der Waals surface area contributed by atoms with E-state index >= 15 is 0 Å². The molecule has 3 unspecified atom stereocenters. The maximum absolute atomic E-state index is 6.22. The lowest BCUT2D eigenvalue weighted by molar-refractivity contribution is -0.0333. The van der Waals surface area contributed by atoms with Crippen LogP contribution in [0.1, 0.15) is 59.3 Å². The monoisotopic (exact) mass is 253 g/mol. The molecule has 0 aromatic carbocycles. The molecule has 0 heterocycles. The molecule has 2 aliphatic carbocycles. The summed E-state index contributed by atoms with van der Waals surface area (Å²) < 4.78 is 6.22. The fraction of sp³-hybridized carbons (Fsp3) is 1.00. The molecule has 0 aromatic heterocycles. The first-order valence-electron chi connectivity index (χ1n) is 7.85. The zero-order valence-electron chi connectivity index (χ0n) is 12.7. The molecule has 0 saturated heterocycles. The Morgan fingerprint density at radius 2 is 1.89 bits per heavy atom. The zero-order valence-corrected chi connectivity index (χ0v) is 12.7. The second-order valence-corrected chi connectivity index (χ2v) is 7.06. The summed E-state index contributed by atoms with van der Waals surface area (Å²) in [6.45, 7) is 8.18. The minimum atomic E-state index is 0.445. The molecule has 0 amide bonds. The van der Waals surface area contributed by atoms with Gasteiger partial charge < -0.3 is 10.1 Å². The van der Waals surface area contributed by atoms with Crippen LogP contribution in [0.2, 0.25) is 0 Å². The average Bonchev–Trinajstić information content (AvgIpc) is 3.20. The van der Waals surface area contributed by atoms with Gasteiger partial charge in [0, 0.05) is 12.6 Å². The van der Waals surface area contributed by atoms with Crippen molar-refractivity contribution < 1.29 is 4.74 Å². The highest BCUT2D eigenvalue weighted by Crippen LogP contribution is 2.41. The van der Waals surface area contributed by atoms with Gasteiger partial charge >= 0.3 is 0 Å². The molecule has 2 heteroatoms. The van der Waals surface area contributed by atoms with Gasteiger partial charge in [0.1, 0.15) is 0 Å². The largest absolute Gasteiger partial charge is 0.376 e. The van der Waals surface area contributed by atoms with Crippen molar-refractivity contribution in [2.45, 2.75) is 71.4 Å². The van der Waals surface area contributed by atoms with Gasteiger partial charge in [-0.1, -0.05) is 27.2 Å². The molecular formula is C16H31NO. The number of likely N-dealkylation sites (N-methyl/N-ethyl adjacent to an activating group) is 1. The van der Waals surface area contributed by atoms with Gasteiger partial charge in [-0.05, 0) is 56.4 Å². The smallest absolute Gasteiger partial charge is 0.0730 e. The van der Waals surface area contributed by atoms with Crippen molar-refractivity contribution in [3.8, 4) is 0 Å². The van der Waals surface area contributed by atoms with E-state index in [4.69, 9.17) is 4.74 Å². The van der Waals surface area contributed by atoms with Crippen molar-refractivity contribution >= 4 is 0 Å². The van der Waals surface area contributed by atoms with Crippen LogP contribution in [0.5, 0.6) is 0 Å². The van der Waals surface area contributed by atoms with E-state index in [0.717, 1.165) is 18.4 Å². The first kappa shape index (κ1) is 14.3. The molecule has 2 aliphatic rings. The third-order valence-corrected chi connectivity index (χ3v) is 5.42. The summed E-state index contributed by atoms with van der Waals surface area (Å²) in [4.78, 5) is 0. The van der Waals surface area contributed by atoms with Crippen molar-refractivity contribution in [3.05, 3.63) is 0 Å². The maximum atomic E-state index is 6.22. The molecule has 106 valence electrons. The highest BCUT2D eigenvalue weighted by molar-refractivity contribution is 4.90. The van der Waals surface area contributed by atoms with Gasteiger partial charge in [-0.25, -0.2) is 0 Å². The molecule has 0 bridgehead atoms. The second-order valence-electron chi connectivity index (χ2n) is 7.06. The average molecular weight is 253 g/mol. The van der Waals surface area contributed by atoms with E-state index in [0.29, 0.717) is 17.6 Å². The lowest BCUT2D eigenvalue weighted by Gasteiger charge is -2.43. The summed E-state index contributed by atoms with van der Waals surface area (Å²) in [5.74, 6) is 1.71. The maximum Gasteiger partial charge on any atom is 0.0730 e. The molecule has 0 aliphatic heterocycles. The summed E-state index contributed by atoms with van der Waals surface area (Å²) in [6, 6.07) is 0.577. The van der Waals surface area contributed by atoms with Gasteiger partial charge in [0.2, 0.25) is 0 Å². The van der Waals surface area contributed by atoms with Crippen molar-refractivity contribution in [2.24, 2.45) is 17.3 Å². The zero-order chi connectivity index (χ0) is 13.2. The van der Waals surface area contributed by atoms with Crippen LogP contribution in [0.25, 0.3) is 0 Å². The highest BCUT2D eigenvalue weighted by Gasteiger charge is 2.37. The fourth-order valence-electron chi connectivity index (χ4n) is 3.19. The third kappa shape index (κ3) is 3.48. The van der Waals surface area contributed by atoms with Gasteiger partial charge in [0.15, 0.2) is 0 Å². The van der Waals surface area contributed by atoms with Gasteiger partial charge in [0.05, 0.1) is 6.10 Å². The normalized spacial score (nSPS) is 33.7. The highest BCUT2D eigenvalue weighted by atomic mass is 16.5. The van der Waals surface area contributed by atoms with E-state index in [1.165, 1.54) is 38.5 Å². The lowest BCUT2D eigenvalue weighted by Crippen LogP contribution is -2.46. The number of hydrogen-bond donors (Lipinski definition) is 1. The lowest BCUT2D eigenvalue weighted by atomic mass is 9.68. The predicted molar refractivity (Wildman–Crippen MR) is 76.7 cm³/mol. The molecule has 0 aromatic rings. The quantitative estimate of drug-likeness (QED) is 0.781. The summed E-state index contributed by atoms with van der Waals surface area (Å²) >= 11 is 0. The molecule has 2 nitrogen and oxygen atoms in total. The Labute approximate surface area is 113 Å². The Morgan fingerprint density at radius 3 is 2.44 bits per heavy atom. The Balaban J connectivity index is 1.90. The van der Waals surface area contributed by atoms with Crippen LogP contribution in [-0.4, -0.2) is 25.8 Å². The van der Waals surface area contributed by atoms with E-state index in [1.807, 2.05) is 0 Å². The summed E-state index contributed by atoms with van der Waals surface area (Å²) in [6.07, 6.45) is 8.38. The van der Waals surface area contributed by atoms with Crippen LogP contribution < -0.4 is 5.32 Å². The van der Waals surface area contributed by atoms with Crippen LogP contribution in [0.3, 0.4) is 0 Å². The molecular weight excluding hydrogens is 222 g/mol. The Bertz CT molecular complexity index is 260. The fourth-order valence-corrected chi connectivity index (χ4v) is 3.19. The Morgan fingerprint density at radius 1 is 1.17 bits per heavy atom. The number of rotatable bonds is 6. The van der Waals surface area contributed by atoms with Crippen LogP contribution in [0.15, 0.2) is 0 Å². The van der Waals surface area contributed by atoms with Gasteiger partial charge in [0.25, 0.3) is 0 Å². The van der Waals surface area contributed by atoms with E-state index in [9.17, 15) is 0 Å². The molecule has 3 atom stereocenters. The van der Waals surface area contributed by atoms with E-state index in [-0.39, 0.29) is 0 Å². The SMILES string of the molecule is CCC(C)(C)C1CCC(NC)C(OCC2CC2)C1. The molecule has 2 saturated carbocycles. The minimum Gasteiger partial charge on any atom is -0.376 e.